The van der Waals surface area contributed by atoms with Crippen LogP contribution in [0.4, 0.5) is 0 Å². The van der Waals surface area contributed by atoms with E-state index >= 15 is 0 Å². The fraction of sp³-hybridized carbons (Fsp3) is 0.533. The van der Waals surface area contributed by atoms with Crippen molar-refractivity contribution >= 4 is 23.4 Å². The minimum Gasteiger partial charge on any atom is -0.478 e. The van der Waals surface area contributed by atoms with Crippen LogP contribution < -0.4 is 0 Å². The van der Waals surface area contributed by atoms with E-state index in [1.54, 1.807) is 17.4 Å². The summed E-state index contributed by atoms with van der Waals surface area (Å²) < 4.78 is 0. The van der Waals surface area contributed by atoms with Crippen molar-refractivity contribution in [1.82, 2.24) is 9.80 Å². The molecule has 1 saturated heterocycles. The highest BCUT2D eigenvalue weighted by molar-refractivity contribution is 7.12. The molecule has 0 amide bonds. The molecule has 2 rings (SSSR count). The predicted octanol–water partition coefficient (Wildman–Crippen LogP) is 2.37. The van der Waals surface area contributed by atoms with Crippen molar-refractivity contribution in [2.45, 2.75) is 26.4 Å². The summed E-state index contributed by atoms with van der Waals surface area (Å²) in [5.41, 5.74) is 0. The van der Waals surface area contributed by atoms with Crippen LogP contribution in [0.2, 0.25) is 0 Å². The lowest BCUT2D eigenvalue weighted by atomic mass is 10.2. The van der Waals surface area contributed by atoms with E-state index in [0.29, 0.717) is 6.04 Å². The summed E-state index contributed by atoms with van der Waals surface area (Å²) >= 11 is 1.67. The van der Waals surface area contributed by atoms with Crippen molar-refractivity contribution in [2.75, 3.05) is 26.2 Å². The zero-order chi connectivity index (χ0) is 14.5. The highest BCUT2D eigenvalue weighted by Gasteiger charge is 2.22. The number of likely N-dealkylation sites (N-methyl/N-ethyl adjacent to an activating group) is 1. The number of hydrogen-bond donors (Lipinski definition) is 1. The van der Waals surface area contributed by atoms with Gasteiger partial charge in [0.2, 0.25) is 0 Å². The van der Waals surface area contributed by atoms with Crippen molar-refractivity contribution in [3.8, 4) is 0 Å². The van der Waals surface area contributed by atoms with E-state index in [9.17, 15) is 4.79 Å². The third-order valence-corrected chi connectivity index (χ3v) is 4.74. The fourth-order valence-electron chi connectivity index (χ4n) is 2.63. The van der Waals surface area contributed by atoms with E-state index in [-0.39, 0.29) is 0 Å². The highest BCUT2D eigenvalue weighted by atomic mass is 32.1. The molecule has 1 unspecified atom stereocenters. The maximum atomic E-state index is 10.5. The normalized spacial score (nSPS) is 21.6. The molecule has 0 aliphatic carbocycles. The summed E-state index contributed by atoms with van der Waals surface area (Å²) in [4.78, 5) is 17.8. The van der Waals surface area contributed by atoms with Gasteiger partial charge in [0.05, 0.1) is 0 Å². The summed E-state index contributed by atoms with van der Waals surface area (Å²) in [7, 11) is 0. The van der Waals surface area contributed by atoms with E-state index in [2.05, 4.69) is 29.7 Å². The number of carboxylic acids is 1. The van der Waals surface area contributed by atoms with Crippen LogP contribution in [0, 0.1) is 0 Å². The lowest BCUT2D eigenvalue weighted by molar-refractivity contribution is -0.131. The molecule has 2 heterocycles. The Morgan fingerprint density at radius 2 is 2.30 bits per heavy atom. The van der Waals surface area contributed by atoms with Gasteiger partial charge in [0, 0.05) is 48.1 Å². The highest BCUT2D eigenvalue weighted by Crippen LogP contribution is 2.21. The maximum Gasteiger partial charge on any atom is 0.328 e. The van der Waals surface area contributed by atoms with Gasteiger partial charge in [-0.1, -0.05) is 6.92 Å². The quantitative estimate of drug-likeness (QED) is 0.847. The van der Waals surface area contributed by atoms with E-state index in [1.165, 1.54) is 11.0 Å². The van der Waals surface area contributed by atoms with Gasteiger partial charge in [-0.05, 0) is 31.7 Å². The van der Waals surface area contributed by atoms with Crippen LogP contribution in [0.15, 0.2) is 18.2 Å². The average Bonchev–Trinajstić information content (AvgIpc) is 2.84. The second-order valence-corrected chi connectivity index (χ2v) is 6.39. The molecule has 1 aliphatic heterocycles. The molecular weight excluding hydrogens is 272 g/mol. The van der Waals surface area contributed by atoms with Crippen LogP contribution >= 0.6 is 11.3 Å². The van der Waals surface area contributed by atoms with Gasteiger partial charge in [-0.15, -0.1) is 11.3 Å². The van der Waals surface area contributed by atoms with E-state index in [4.69, 9.17) is 5.11 Å². The molecule has 1 aliphatic rings. The Hall–Kier alpha value is -1.17. The van der Waals surface area contributed by atoms with Gasteiger partial charge >= 0.3 is 5.97 Å². The lowest BCUT2D eigenvalue weighted by Crippen LogP contribution is -2.51. The standard InChI is InChI=1S/C15H22N2O2S/c1-3-17-9-8-16(10-12(17)2)11-14-5-4-13(20-14)6-7-15(18)19/h4-7,12H,3,8-11H2,1-2H3,(H,18,19). The zero-order valence-electron chi connectivity index (χ0n) is 12.1. The molecule has 1 aromatic heterocycles. The van der Waals surface area contributed by atoms with Crippen LogP contribution in [0.3, 0.4) is 0 Å². The number of carbonyl (C=O) groups is 1. The monoisotopic (exact) mass is 294 g/mol. The maximum absolute atomic E-state index is 10.5. The van der Waals surface area contributed by atoms with Crippen molar-refractivity contribution in [3.63, 3.8) is 0 Å². The summed E-state index contributed by atoms with van der Waals surface area (Å²) in [5, 5.41) is 8.62. The van der Waals surface area contributed by atoms with E-state index < -0.39 is 5.97 Å². The molecule has 0 aromatic carbocycles. The molecule has 0 bridgehead atoms. The number of piperazine rings is 1. The molecule has 4 nitrogen and oxygen atoms in total. The molecule has 1 atom stereocenters. The third-order valence-electron chi connectivity index (χ3n) is 3.71. The van der Waals surface area contributed by atoms with Gasteiger partial charge in [0.1, 0.15) is 0 Å². The zero-order valence-corrected chi connectivity index (χ0v) is 12.9. The van der Waals surface area contributed by atoms with Gasteiger partial charge in [-0.25, -0.2) is 4.79 Å². The Labute approximate surface area is 124 Å². The first-order valence-electron chi connectivity index (χ1n) is 7.04. The van der Waals surface area contributed by atoms with Gasteiger partial charge in [-0.2, -0.15) is 0 Å². The number of rotatable bonds is 5. The molecule has 0 saturated carbocycles. The summed E-state index contributed by atoms with van der Waals surface area (Å²) in [5.74, 6) is -0.899. The van der Waals surface area contributed by atoms with Crippen LogP contribution in [0.25, 0.3) is 6.08 Å². The van der Waals surface area contributed by atoms with E-state index in [1.807, 2.05) is 6.07 Å². The van der Waals surface area contributed by atoms with Gasteiger partial charge in [-0.3, -0.25) is 9.80 Å². The van der Waals surface area contributed by atoms with Crippen molar-refractivity contribution in [1.29, 1.82) is 0 Å². The Morgan fingerprint density at radius 1 is 1.50 bits per heavy atom. The van der Waals surface area contributed by atoms with Gasteiger partial charge in [0.25, 0.3) is 0 Å². The van der Waals surface area contributed by atoms with Crippen LogP contribution in [0.1, 0.15) is 23.6 Å². The molecule has 20 heavy (non-hydrogen) atoms. The smallest absolute Gasteiger partial charge is 0.328 e. The molecule has 110 valence electrons. The Kier molecular flexibility index (Phi) is 5.34. The molecule has 1 aromatic rings. The van der Waals surface area contributed by atoms with Crippen LogP contribution in [-0.2, 0) is 11.3 Å². The van der Waals surface area contributed by atoms with Crippen LogP contribution in [-0.4, -0.2) is 53.1 Å². The first-order chi connectivity index (χ1) is 9.58. The molecule has 5 heteroatoms. The second-order valence-electron chi connectivity index (χ2n) is 5.19. The lowest BCUT2D eigenvalue weighted by Gasteiger charge is -2.39. The average molecular weight is 294 g/mol. The molecule has 1 N–H and O–H groups in total. The SMILES string of the molecule is CCN1CCN(Cc2ccc(C=CC(=O)O)s2)CC1C. The molecule has 0 spiro atoms. The van der Waals surface area contributed by atoms with Crippen molar-refractivity contribution in [2.24, 2.45) is 0 Å². The summed E-state index contributed by atoms with van der Waals surface area (Å²) in [6.45, 7) is 9.93. The number of aliphatic carboxylic acids is 1. The Balaban J connectivity index is 1.89. The van der Waals surface area contributed by atoms with Gasteiger partial charge < -0.3 is 5.11 Å². The number of hydrogen-bond acceptors (Lipinski definition) is 4. The van der Waals surface area contributed by atoms with Crippen LogP contribution in [0.5, 0.6) is 0 Å². The summed E-state index contributed by atoms with van der Waals surface area (Å²) in [6.07, 6.45) is 2.85. The van der Waals surface area contributed by atoms with Crippen molar-refractivity contribution < 1.29 is 9.90 Å². The fourth-order valence-corrected chi connectivity index (χ4v) is 3.59. The van der Waals surface area contributed by atoms with Crippen molar-refractivity contribution in [3.05, 3.63) is 28.0 Å². The third kappa shape index (κ3) is 4.16. The van der Waals surface area contributed by atoms with Gasteiger partial charge in [0.15, 0.2) is 0 Å². The topological polar surface area (TPSA) is 43.8 Å². The first kappa shape index (κ1) is 15.2. The summed E-state index contributed by atoms with van der Waals surface area (Å²) in [6, 6.07) is 4.70. The molecular formula is C15H22N2O2S. The second kappa shape index (κ2) is 7.02. The largest absolute Gasteiger partial charge is 0.478 e. The minimum absolute atomic E-state index is 0.611. The molecule has 0 radical (unpaired) electrons. The number of nitrogens with zero attached hydrogens (tertiary/aromatic N) is 2. The number of carboxylic acid groups (broad SMARTS) is 1. The number of thiophene rings is 1. The Morgan fingerprint density at radius 3 is 2.95 bits per heavy atom. The first-order valence-corrected chi connectivity index (χ1v) is 7.86. The molecule has 1 fully saturated rings. The predicted molar refractivity (Wildman–Crippen MR) is 83.0 cm³/mol. The Bertz CT molecular complexity index is 484. The van der Waals surface area contributed by atoms with E-state index in [0.717, 1.165) is 37.6 Å². The minimum atomic E-state index is -0.899.